The van der Waals surface area contributed by atoms with Gasteiger partial charge in [0.25, 0.3) is 0 Å². The summed E-state index contributed by atoms with van der Waals surface area (Å²) in [5, 5.41) is 3.43. The summed E-state index contributed by atoms with van der Waals surface area (Å²) in [6.07, 6.45) is 37.8. The van der Waals surface area contributed by atoms with Crippen molar-refractivity contribution in [2.75, 3.05) is 20.3 Å². The smallest absolute Gasteiger partial charge is 0.306 e. The molecule has 7 heteroatoms. The van der Waals surface area contributed by atoms with Gasteiger partial charge in [0.15, 0.2) is 0 Å². The third-order valence-electron chi connectivity index (χ3n) is 11.2. The first-order chi connectivity index (χ1) is 27.4. The van der Waals surface area contributed by atoms with Gasteiger partial charge in [-0.15, -0.1) is 0 Å². The van der Waals surface area contributed by atoms with Crippen molar-refractivity contribution in [1.29, 1.82) is 0 Å². The molecule has 0 fully saturated rings. The number of nitrogens with one attached hydrogen (secondary N) is 1. The Balaban J connectivity index is 4.70. The van der Waals surface area contributed by atoms with E-state index in [9.17, 15) is 14.4 Å². The fourth-order valence-corrected chi connectivity index (χ4v) is 7.96. The highest BCUT2D eigenvalue weighted by Gasteiger charge is 2.32. The van der Waals surface area contributed by atoms with Crippen LogP contribution in [0.3, 0.4) is 0 Å². The molecule has 0 amide bonds. The van der Waals surface area contributed by atoms with Crippen LogP contribution < -0.4 is 5.32 Å². The van der Waals surface area contributed by atoms with Gasteiger partial charge in [-0.3, -0.25) is 14.4 Å². The lowest BCUT2D eigenvalue weighted by Crippen LogP contribution is -2.30. The molecular formula is C50H93NO6. The normalized spacial score (nSPS) is 12.9. The van der Waals surface area contributed by atoms with E-state index < -0.39 is 0 Å². The van der Waals surface area contributed by atoms with E-state index in [-0.39, 0.29) is 34.8 Å². The number of ether oxygens (including phenoxy) is 3. The molecule has 0 aliphatic carbocycles. The lowest BCUT2D eigenvalue weighted by Gasteiger charge is -2.35. The van der Waals surface area contributed by atoms with Gasteiger partial charge in [0.1, 0.15) is 19.3 Å². The zero-order valence-electron chi connectivity index (χ0n) is 38.8. The predicted molar refractivity (Wildman–Crippen MR) is 241 cm³/mol. The van der Waals surface area contributed by atoms with Crippen LogP contribution in [0.1, 0.15) is 235 Å². The fraction of sp³-hybridized carbons (Fsp3) is 0.860. The van der Waals surface area contributed by atoms with Crippen molar-refractivity contribution in [3.8, 4) is 0 Å². The SMILES string of the molecule is CCCCCC/C=C\COC(=O)CCCCCCCC(CCCCCCCC(=O)OC/C=C\CCCCCC)OC(=O)CC(C)(C)CC(C)(C)CCC(CC)NC. The molecule has 0 radical (unpaired) electrons. The van der Waals surface area contributed by atoms with Crippen molar-refractivity contribution >= 4 is 17.9 Å². The first-order valence-electron chi connectivity index (χ1n) is 23.9. The number of carbonyl (C=O) groups is 3. The summed E-state index contributed by atoms with van der Waals surface area (Å²) in [4.78, 5) is 37.7. The molecule has 0 aliphatic heterocycles. The molecule has 1 atom stereocenters. The molecule has 334 valence electrons. The van der Waals surface area contributed by atoms with Crippen molar-refractivity contribution < 1.29 is 28.6 Å². The van der Waals surface area contributed by atoms with Crippen molar-refractivity contribution in [1.82, 2.24) is 5.32 Å². The Kier molecular flexibility index (Phi) is 35.5. The number of allylic oxidation sites excluding steroid dienone is 2. The van der Waals surface area contributed by atoms with Gasteiger partial charge in [-0.2, -0.15) is 0 Å². The maximum Gasteiger partial charge on any atom is 0.306 e. The van der Waals surface area contributed by atoms with Gasteiger partial charge < -0.3 is 19.5 Å². The van der Waals surface area contributed by atoms with E-state index in [0.717, 1.165) is 116 Å². The Morgan fingerprint density at radius 2 is 1.00 bits per heavy atom. The maximum atomic E-state index is 13.4. The highest BCUT2D eigenvalue weighted by molar-refractivity contribution is 5.70. The molecule has 0 aromatic rings. The van der Waals surface area contributed by atoms with Crippen LogP contribution in [-0.4, -0.2) is 50.3 Å². The van der Waals surface area contributed by atoms with E-state index in [4.69, 9.17) is 14.2 Å². The van der Waals surface area contributed by atoms with Gasteiger partial charge in [-0.1, -0.05) is 150 Å². The number of rotatable bonds is 40. The molecule has 0 saturated carbocycles. The Morgan fingerprint density at radius 3 is 1.46 bits per heavy atom. The lowest BCUT2D eigenvalue weighted by atomic mass is 9.71. The van der Waals surface area contributed by atoms with Gasteiger partial charge in [0, 0.05) is 18.9 Å². The highest BCUT2D eigenvalue weighted by Crippen LogP contribution is 2.40. The number of hydrogen-bond acceptors (Lipinski definition) is 7. The minimum atomic E-state index is -0.135. The standard InChI is InChI=1S/C50H93NO6/c1-9-12-14-16-18-26-32-40-55-46(52)36-30-24-20-22-28-34-45(57-48(54)42-50(6,7)43-49(4,5)39-38-44(11-3)51-8)35-29-23-21-25-31-37-47(53)56-41-33-27-19-17-15-13-10-2/h26-27,32-33,44-45,51H,9-25,28-31,34-43H2,1-8H3/b32-26-,33-27-. The zero-order valence-corrected chi connectivity index (χ0v) is 38.8. The van der Waals surface area contributed by atoms with Gasteiger partial charge in [0.2, 0.25) is 0 Å². The van der Waals surface area contributed by atoms with E-state index >= 15 is 0 Å². The summed E-state index contributed by atoms with van der Waals surface area (Å²) in [5.74, 6) is -0.288. The second-order valence-electron chi connectivity index (χ2n) is 18.3. The summed E-state index contributed by atoms with van der Waals surface area (Å²) >= 11 is 0. The zero-order chi connectivity index (χ0) is 42.5. The van der Waals surface area contributed by atoms with Crippen LogP contribution in [-0.2, 0) is 28.6 Å². The second-order valence-corrected chi connectivity index (χ2v) is 18.3. The molecule has 0 aromatic heterocycles. The molecule has 1 unspecified atom stereocenters. The van der Waals surface area contributed by atoms with Gasteiger partial charge in [0.05, 0.1) is 6.42 Å². The topological polar surface area (TPSA) is 90.9 Å². The minimum absolute atomic E-state index is 0.0633. The predicted octanol–water partition coefficient (Wildman–Crippen LogP) is 14.1. The van der Waals surface area contributed by atoms with Crippen LogP contribution in [0.25, 0.3) is 0 Å². The van der Waals surface area contributed by atoms with Crippen molar-refractivity contribution in [2.24, 2.45) is 10.8 Å². The number of unbranched alkanes of at least 4 members (excludes halogenated alkanes) is 16. The number of esters is 3. The van der Waals surface area contributed by atoms with Crippen LogP contribution in [0, 0.1) is 10.8 Å². The monoisotopic (exact) mass is 804 g/mol. The van der Waals surface area contributed by atoms with Gasteiger partial charge in [-0.25, -0.2) is 0 Å². The van der Waals surface area contributed by atoms with E-state index in [2.05, 4.69) is 65.9 Å². The van der Waals surface area contributed by atoms with Crippen LogP contribution in [0.5, 0.6) is 0 Å². The van der Waals surface area contributed by atoms with Crippen LogP contribution in [0.4, 0.5) is 0 Å². The van der Waals surface area contributed by atoms with E-state index in [1.54, 1.807) is 0 Å². The minimum Gasteiger partial charge on any atom is -0.462 e. The molecule has 0 rings (SSSR count). The fourth-order valence-electron chi connectivity index (χ4n) is 7.96. The van der Waals surface area contributed by atoms with Crippen LogP contribution in [0.15, 0.2) is 24.3 Å². The lowest BCUT2D eigenvalue weighted by molar-refractivity contribution is -0.152. The van der Waals surface area contributed by atoms with E-state index in [1.807, 2.05) is 19.2 Å². The average Bonchev–Trinajstić information content (AvgIpc) is 3.15. The largest absolute Gasteiger partial charge is 0.462 e. The highest BCUT2D eigenvalue weighted by atomic mass is 16.5. The van der Waals surface area contributed by atoms with E-state index in [1.165, 1.54) is 51.4 Å². The summed E-state index contributed by atoms with van der Waals surface area (Å²) in [7, 11) is 2.04. The average molecular weight is 804 g/mol. The maximum absolute atomic E-state index is 13.4. The molecule has 1 N–H and O–H groups in total. The van der Waals surface area contributed by atoms with Crippen LogP contribution >= 0.6 is 0 Å². The van der Waals surface area contributed by atoms with Crippen LogP contribution in [0.2, 0.25) is 0 Å². The Morgan fingerprint density at radius 1 is 0.544 bits per heavy atom. The quantitative estimate of drug-likeness (QED) is 0.0285. The molecule has 0 aliphatic rings. The molecule has 0 spiro atoms. The first-order valence-corrected chi connectivity index (χ1v) is 23.9. The number of carbonyl (C=O) groups excluding carboxylic acids is 3. The van der Waals surface area contributed by atoms with Gasteiger partial charge in [-0.05, 0) is 108 Å². The van der Waals surface area contributed by atoms with Gasteiger partial charge >= 0.3 is 17.9 Å². The summed E-state index contributed by atoms with van der Waals surface area (Å²) in [5.41, 5.74) is 0.0139. The molecular weight excluding hydrogens is 711 g/mol. The summed E-state index contributed by atoms with van der Waals surface area (Å²) in [6, 6.07) is 0.538. The Labute approximate surface area is 353 Å². The van der Waals surface area contributed by atoms with Crippen molar-refractivity contribution in [3.05, 3.63) is 24.3 Å². The van der Waals surface area contributed by atoms with Crippen molar-refractivity contribution in [3.63, 3.8) is 0 Å². The second kappa shape index (κ2) is 36.9. The molecule has 0 saturated heterocycles. The third-order valence-corrected chi connectivity index (χ3v) is 11.2. The molecule has 0 heterocycles. The summed E-state index contributed by atoms with van der Waals surface area (Å²) < 4.78 is 17.0. The third kappa shape index (κ3) is 36.6. The van der Waals surface area contributed by atoms with Crippen molar-refractivity contribution in [2.45, 2.75) is 247 Å². The molecule has 0 aromatic carbocycles. The first kappa shape index (κ1) is 54.9. The Hall–Kier alpha value is -2.15. The molecule has 7 nitrogen and oxygen atoms in total. The molecule has 57 heavy (non-hydrogen) atoms. The Bertz CT molecular complexity index is 978. The number of hydrogen-bond donors (Lipinski definition) is 1. The summed E-state index contributed by atoms with van der Waals surface area (Å²) in [6.45, 7) is 16.5. The molecule has 0 bridgehead atoms. The van der Waals surface area contributed by atoms with E-state index in [0.29, 0.717) is 38.5 Å².